The maximum Gasteiger partial charge on any atom is 0.316 e. The lowest BCUT2D eigenvalue weighted by Gasteiger charge is -2.35. The molecule has 3 heterocycles. The first-order chi connectivity index (χ1) is 16.5. The number of thiophene rings is 1. The topological polar surface area (TPSA) is 84.7 Å². The Morgan fingerprint density at radius 1 is 1.06 bits per heavy atom. The second-order valence-corrected chi connectivity index (χ2v) is 10.9. The van der Waals surface area contributed by atoms with Crippen molar-refractivity contribution in [2.45, 2.75) is 23.5 Å². The van der Waals surface area contributed by atoms with E-state index in [1.165, 1.54) is 20.3 Å². The molecule has 3 aromatic rings. The van der Waals surface area contributed by atoms with E-state index in [-0.39, 0.29) is 11.3 Å². The van der Waals surface area contributed by atoms with Crippen LogP contribution in [0.2, 0.25) is 0 Å². The fraction of sp³-hybridized carbons (Fsp3) is 0.333. The molecule has 0 saturated carbocycles. The molecule has 2 aromatic heterocycles. The van der Waals surface area contributed by atoms with Crippen LogP contribution in [0.1, 0.15) is 19.3 Å². The second kappa shape index (κ2) is 10.9. The van der Waals surface area contributed by atoms with Gasteiger partial charge < -0.3 is 9.64 Å². The van der Waals surface area contributed by atoms with Crippen molar-refractivity contribution in [3.63, 3.8) is 0 Å². The van der Waals surface area contributed by atoms with Gasteiger partial charge in [-0.25, -0.2) is 8.42 Å². The van der Waals surface area contributed by atoms with Crippen molar-refractivity contribution in [3.05, 3.63) is 64.4 Å². The molecule has 8 nitrogen and oxygen atoms in total. The molecule has 1 saturated heterocycles. The van der Waals surface area contributed by atoms with Crippen molar-refractivity contribution in [1.82, 2.24) is 14.1 Å². The van der Waals surface area contributed by atoms with Gasteiger partial charge in [-0.2, -0.15) is 14.1 Å². The molecule has 1 fully saturated rings. The average Bonchev–Trinajstić information content (AvgIpc) is 3.41. The van der Waals surface area contributed by atoms with E-state index in [0.717, 1.165) is 12.8 Å². The lowest BCUT2D eigenvalue weighted by molar-refractivity contribution is 0.299. The lowest BCUT2D eigenvalue weighted by Crippen LogP contribution is -2.49. The first-order valence-electron chi connectivity index (χ1n) is 11.0. The minimum Gasteiger partial charge on any atom is -0.486 e. The standard InChI is InChI=1S/C24H26N4O4S2/c1-2-3-4-8-17-32-23-21(19-25-28(24(23)29)20-10-6-5-7-11-20)26-13-15-27(16-14-26)34(30,31)22-12-9-18-33-22/h1,5-7,9-12,18-19H,3-4,8,13-17H2. The molecule has 0 N–H and O–H groups in total. The monoisotopic (exact) mass is 498 g/mol. The van der Waals surface area contributed by atoms with Crippen molar-refractivity contribution < 1.29 is 13.2 Å². The van der Waals surface area contributed by atoms with Gasteiger partial charge in [0, 0.05) is 32.6 Å². The number of hydrogen-bond acceptors (Lipinski definition) is 7. The lowest BCUT2D eigenvalue weighted by atomic mass is 10.2. The second-order valence-electron chi connectivity index (χ2n) is 7.74. The van der Waals surface area contributed by atoms with Crippen molar-refractivity contribution >= 4 is 27.0 Å². The van der Waals surface area contributed by atoms with E-state index in [0.29, 0.717) is 54.8 Å². The SMILES string of the molecule is C#CCCCCOc1c(N2CCN(S(=O)(=O)c3cccs3)CC2)cnn(-c2ccccc2)c1=O. The van der Waals surface area contributed by atoms with Gasteiger partial charge in [0.2, 0.25) is 5.75 Å². The normalized spacial score (nSPS) is 14.6. The summed E-state index contributed by atoms with van der Waals surface area (Å²) in [6, 6.07) is 12.5. The van der Waals surface area contributed by atoms with Crippen LogP contribution in [-0.4, -0.2) is 55.3 Å². The van der Waals surface area contributed by atoms with Crippen LogP contribution in [0.3, 0.4) is 0 Å². The molecule has 34 heavy (non-hydrogen) atoms. The zero-order valence-electron chi connectivity index (χ0n) is 18.7. The van der Waals surface area contributed by atoms with Crippen LogP contribution in [0.4, 0.5) is 5.69 Å². The molecule has 0 bridgehead atoms. The predicted molar refractivity (Wildman–Crippen MR) is 133 cm³/mol. The summed E-state index contributed by atoms with van der Waals surface area (Å²) in [5, 5.41) is 6.13. The van der Waals surface area contributed by atoms with E-state index in [1.54, 1.807) is 35.8 Å². The van der Waals surface area contributed by atoms with Crippen LogP contribution in [-0.2, 0) is 10.0 Å². The molecule has 178 valence electrons. The molecule has 0 aliphatic carbocycles. The fourth-order valence-electron chi connectivity index (χ4n) is 3.75. The molecule has 10 heteroatoms. The summed E-state index contributed by atoms with van der Waals surface area (Å²) in [5.41, 5.74) is 0.861. The Hall–Kier alpha value is -3.13. The number of sulfonamides is 1. The Kier molecular flexibility index (Phi) is 7.67. The Balaban J connectivity index is 1.56. The van der Waals surface area contributed by atoms with Crippen LogP contribution in [0.25, 0.3) is 5.69 Å². The van der Waals surface area contributed by atoms with Crippen LogP contribution in [0.5, 0.6) is 5.75 Å². The maximum absolute atomic E-state index is 13.3. The number of terminal acetylenes is 1. The predicted octanol–water partition coefficient (Wildman–Crippen LogP) is 2.99. The summed E-state index contributed by atoms with van der Waals surface area (Å²) in [4.78, 5) is 15.3. The highest BCUT2D eigenvalue weighted by Gasteiger charge is 2.31. The molecule has 4 rings (SSSR count). The summed E-state index contributed by atoms with van der Waals surface area (Å²) in [5.74, 6) is 2.82. The van der Waals surface area contributed by atoms with Gasteiger partial charge in [0.15, 0.2) is 0 Å². The number of nitrogens with zero attached hydrogens (tertiary/aromatic N) is 4. The number of piperazine rings is 1. The third-order valence-corrected chi connectivity index (χ3v) is 8.82. The summed E-state index contributed by atoms with van der Waals surface area (Å²) < 4.78 is 34.8. The Bertz CT molecular complexity index is 1290. The van der Waals surface area contributed by atoms with Gasteiger partial charge in [-0.1, -0.05) is 24.3 Å². The van der Waals surface area contributed by atoms with Crippen molar-refractivity contribution in [1.29, 1.82) is 0 Å². The number of benzene rings is 1. The first kappa shape index (κ1) is 24.0. The molecular formula is C24H26N4O4S2. The van der Waals surface area contributed by atoms with Crippen molar-refractivity contribution in [3.8, 4) is 23.8 Å². The summed E-state index contributed by atoms with van der Waals surface area (Å²) >= 11 is 1.21. The largest absolute Gasteiger partial charge is 0.486 e. The van der Waals surface area contributed by atoms with E-state index in [9.17, 15) is 13.2 Å². The summed E-state index contributed by atoms with van der Waals surface area (Å²) in [6.07, 6.45) is 9.13. The van der Waals surface area contributed by atoms with E-state index >= 15 is 0 Å². The number of unbranched alkanes of at least 4 members (excludes halogenated alkanes) is 2. The van der Waals surface area contributed by atoms with Gasteiger partial charge in [-0.05, 0) is 36.4 Å². The fourth-order valence-corrected chi connectivity index (χ4v) is 6.32. The number of aromatic nitrogens is 2. The summed E-state index contributed by atoms with van der Waals surface area (Å²) in [6.45, 7) is 1.83. The van der Waals surface area contributed by atoms with Gasteiger partial charge in [0.25, 0.3) is 10.0 Å². The highest BCUT2D eigenvalue weighted by Crippen LogP contribution is 2.28. The molecule has 0 atom stereocenters. The quantitative estimate of drug-likeness (QED) is 0.333. The van der Waals surface area contributed by atoms with Crippen molar-refractivity contribution in [2.24, 2.45) is 0 Å². The molecule has 1 aromatic carbocycles. The zero-order chi connectivity index (χ0) is 24.0. The average molecular weight is 499 g/mol. The third-order valence-electron chi connectivity index (χ3n) is 5.55. The minimum absolute atomic E-state index is 0.217. The Morgan fingerprint density at radius 2 is 1.82 bits per heavy atom. The Labute approximate surface area is 203 Å². The van der Waals surface area contributed by atoms with Gasteiger partial charge in [0.1, 0.15) is 9.90 Å². The smallest absolute Gasteiger partial charge is 0.316 e. The molecule has 0 radical (unpaired) electrons. The number of ether oxygens (including phenoxy) is 1. The number of hydrogen-bond donors (Lipinski definition) is 0. The van der Waals surface area contributed by atoms with Crippen LogP contribution in [0.15, 0.2) is 63.0 Å². The Morgan fingerprint density at radius 3 is 2.50 bits per heavy atom. The van der Waals surface area contributed by atoms with Gasteiger partial charge >= 0.3 is 5.56 Å². The molecule has 1 aliphatic rings. The number of anilines is 1. The van der Waals surface area contributed by atoms with E-state index in [4.69, 9.17) is 11.2 Å². The zero-order valence-corrected chi connectivity index (χ0v) is 20.3. The van der Waals surface area contributed by atoms with Crippen LogP contribution >= 0.6 is 11.3 Å². The van der Waals surface area contributed by atoms with Gasteiger partial charge in [-0.15, -0.1) is 23.7 Å². The molecule has 1 aliphatic heterocycles. The van der Waals surface area contributed by atoms with E-state index in [1.807, 2.05) is 23.1 Å². The number of rotatable bonds is 9. The van der Waals surface area contributed by atoms with E-state index < -0.39 is 10.0 Å². The van der Waals surface area contributed by atoms with Crippen LogP contribution < -0.4 is 15.2 Å². The van der Waals surface area contributed by atoms with Gasteiger partial charge in [0.05, 0.1) is 18.5 Å². The number of para-hydroxylation sites is 1. The highest BCUT2D eigenvalue weighted by atomic mass is 32.2. The van der Waals surface area contributed by atoms with Gasteiger partial charge in [-0.3, -0.25) is 4.79 Å². The highest BCUT2D eigenvalue weighted by molar-refractivity contribution is 7.91. The first-order valence-corrected chi connectivity index (χ1v) is 13.4. The van der Waals surface area contributed by atoms with E-state index in [2.05, 4.69) is 11.0 Å². The molecular weight excluding hydrogens is 472 g/mol. The van der Waals surface area contributed by atoms with Crippen LogP contribution in [0, 0.1) is 12.3 Å². The molecule has 0 spiro atoms. The third kappa shape index (κ3) is 5.17. The minimum atomic E-state index is -3.51. The molecule has 0 unspecified atom stereocenters. The molecule has 0 amide bonds. The maximum atomic E-state index is 13.3. The van der Waals surface area contributed by atoms with Crippen molar-refractivity contribution in [2.75, 3.05) is 37.7 Å². The summed E-state index contributed by atoms with van der Waals surface area (Å²) in [7, 11) is -3.51.